The van der Waals surface area contributed by atoms with Crippen molar-refractivity contribution in [2.24, 2.45) is 5.10 Å². The van der Waals surface area contributed by atoms with E-state index in [9.17, 15) is 9.59 Å². The van der Waals surface area contributed by atoms with Crippen LogP contribution in [-0.2, 0) is 11.2 Å². The topological polar surface area (TPSA) is 82.6 Å². The number of carbonyl (C=O) groups excluding carboxylic acids is 2. The van der Waals surface area contributed by atoms with E-state index < -0.39 is 0 Å². The van der Waals surface area contributed by atoms with Crippen molar-refractivity contribution in [3.63, 3.8) is 0 Å². The lowest BCUT2D eigenvalue weighted by Crippen LogP contribution is -2.48. The molecule has 1 aromatic rings. The van der Waals surface area contributed by atoms with Gasteiger partial charge < -0.3 is 10.6 Å². The van der Waals surface area contributed by atoms with Crippen molar-refractivity contribution in [1.29, 1.82) is 0 Å². The van der Waals surface area contributed by atoms with Gasteiger partial charge in [-0.15, -0.1) is 0 Å². The Balaban J connectivity index is 1.94. The second-order valence-electron chi connectivity index (χ2n) is 4.72. The predicted octanol–water partition coefficient (Wildman–Crippen LogP) is 0.977. The predicted molar refractivity (Wildman–Crippen MR) is 71.1 cm³/mol. The number of nitrogens with one attached hydrogen (secondary N) is 3. The molecule has 3 N–H and O–H groups in total. The van der Waals surface area contributed by atoms with Gasteiger partial charge in [0.2, 0.25) is 5.91 Å². The number of benzene rings is 1. The highest BCUT2D eigenvalue weighted by Crippen LogP contribution is 2.24. The van der Waals surface area contributed by atoms with Gasteiger partial charge in [0.1, 0.15) is 0 Å². The van der Waals surface area contributed by atoms with Crippen LogP contribution in [0, 0.1) is 0 Å². The number of rotatable bonds is 1. The summed E-state index contributed by atoms with van der Waals surface area (Å²) in [4.78, 5) is 22.5. The number of urea groups is 1. The van der Waals surface area contributed by atoms with E-state index in [2.05, 4.69) is 21.2 Å². The number of hydrogen-bond donors (Lipinski definition) is 3. The van der Waals surface area contributed by atoms with E-state index >= 15 is 0 Å². The normalized spacial score (nSPS) is 21.7. The first-order valence-corrected chi connectivity index (χ1v) is 6.21. The molecule has 0 fully saturated rings. The smallest absolute Gasteiger partial charge is 0.328 e. The molecule has 0 saturated carbocycles. The fraction of sp³-hybridized carbons (Fsp3) is 0.308. The van der Waals surface area contributed by atoms with Crippen molar-refractivity contribution in [3.8, 4) is 0 Å². The summed E-state index contributed by atoms with van der Waals surface area (Å²) in [6, 6.07) is 5.38. The maximum atomic E-state index is 11.3. The first-order valence-electron chi connectivity index (χ1n) is 6.21. The van der Waals surface area contributed by atoms with Gasteiger partial charge in [0.05, 0.1) is 11.8 Å². The second-order valence-corrected chi connectivity index (χ2v) is 4.72. The Bertz CT molecular complexity index is 594. The summed E-state index contributed by atoms with van der Waals surface area (Å²) in [7, 11) is 0. The number of nitrogens with zero attached hydrogens (tertiary/aromatic N) is 1. The SMILES string of the molecule is CC1NC(=O)NN=C1c1ccc2c(c1)CCC(=O)N2. The minimum absolute atomic E-state index is 0.0533. The van der Waals surface area contributed by atoms with Crippen LogP contribution >= 0.6 is 0 Å². The van der Waals surface area contributed by atoms with E-state index in [4.69, 9.17) is 0 Å². The molecule has 0 saturated heterocycles. The molecule has 0 aromatic heterocycles. The third-order valence-corrected chi connectivity index (χ3v) is 3.33. The third kappa shape index (κ3) is 2.16. The standard InChI is InChI=1S/C13H14N4O2/c1-7-12(16-17-13(19)14-7)9-2-4-10-8(6-9)3-5-11(18)15-10/h2,4,6-7H,3,5H2,1H3,(H,15,18)(H2,14,17,19). The maximum Gasteiger partial charge on any atom is 0.335 e. The molecule has 1 atom stereocenters. The highest BCUT2D eigenvalue weighted by atomic mass is 16.2. The summed E-state index contributed by atoms with van der Waals surface area (Å²) in [6.07, 6.45) is 1.24. The van der Waals surface area contributed by atoms with Crippen molar-refractivity contribution in [2.75, 3.05) is 5.32 Å². The zero-order valence-corrected chi connectivity index (χ0v) is 10.5. The van der Waals surface area contributed by atoms with E-state index in [-0.39, 0.29) is 18.0 Å². The number of hydrazone groups is 1. The molecule has 2 aliphatic rings. The van der Waals surface area contributed by atoms with E-state index in [0.29, 0.717) is 6.42 Å². The third-order valence-electron chi connectivity index (χ3n) is 3.33. The zero-order chi connectivity index (χ0) is 13.4. The number of hydrogen-bond acceptors (Lipinski definition) is 3. The largest absolute Gasteiger partial charge is 0.335 e. The Morgan fingerprint density at radius 2 is 2.11 bits per heavy atom. The molecule has 2 heterocycles. The maximum absolute atomic E-state index is 11.3. The average molecular weight is 258 g/mol. The van der Waals surface area contributed by atoms with Crippen LogP contribution in [0.15, 0.2) is 23.3 Å². The van der Waals surface area contributed by atoms with Crippen LogP contribution in [0.5, 0.6) is 0 Å². The lowest BCUT2D eigenvalue weighted by atomic mass is 9.96. The van der Waals surface area contributed by atoms with Crippen molar-refractivity contribution in [2.45, 2.75) is 25.8 Å². The van der Waals surface area contributed by atoms with E-state index in [1.54, 1.807) is 0 Å². The minimum atomic E-state index is -0.290. The Labute approximate surface area is 110 Å². The van der Waals surface area contributed by atoms with Gasteiger partial charge in [-0.3, -0.25) is 4.79 Å². The number of amides is 3. The Hall–Kier alpha value is -2.37. The molecular weight excluding hydrogens is 244 g/mol. The molecule has 6 nitrogen and oxygen atoms in total. The molecule has 3 amide bonds. The Morgan fingerprint density at radius 1 is 1.26 bits per heavy atom. The molecule has 19 heavy (non-hydrogen) atoms. The summed E-state index contributed by atoms with van der Waals surface area (Å²) >= 11 is 0. The molecule has 0 aliphatic carbocycles. The monoisotopic (exact) mass is 258 g/mol. The lowest BCUT2D eigenvalue weighted by molar-refractivity contribution is -0.116. The molecule has 1 aromatic carbocycles. The highest BCUT2D eigenvalue weighted by Gasteiger charge is 2.22. The fourth-order valence-electron chi connectivity index (χ4n) is 2.36. The first-order chi connectivity index (χ1) is 9.13. The molecule has 98 valence electrons. The minimum Gasteiger partial charge on any atom is -0.328 e. The molecule has 1 unspecified atom stereocenters. The van der Waals surface area contributed by atoms with Gasteiger partial charge in [-0.1, -0.05) is 6.07 Å². The molecule has 0 radical (unpaired) electrons. The summed E-state index contributed by atoms with van der Waals surface area (Å²) in [5, 5.41) is 9.70. The first kappa shape index (κ1) is 11.7. The zero-order valence-electron chi connectivity index (χ0n) is 10.5. The van der Waals surface area contributed by atoms with Crippen molar-refractivity contribution < 1.29 is 9.59 Å². The number of aryl methyl sites for hydroxylation is 1. The fourth-order valence-corrected chi connectivity index (χ4v) is 2.36. The molecule has 6 heteroatoms. The van der Waals surface area contributed by atoms with Gasteiger partial charge in [0.25, 0.3) is 0 Å². The summed E-state index contributed by atoms with van der Waals surface area (Å²) in [5.41, 5.74) is 6.12. The van der Waals surface area contributed by atoms with Crippen molar-refractivity contribution in [3.05, 3.63) is 29.3 Å². The van der Waals surface area contributed by atoms with Gasteiger partial charge in [-0.2, -0.15) is 5.10 Å². The van der Waals surface area contributed by atoms with Crippen molar-refractivity contribution in [1.82, 2.24) is 10.7 Å². The molecular formula is C13H14N4O2. The van der Waals surface area contributed by atoms with Gasteiger partial charge in [-0.25, -0.2) is 10.2 Å². The van der Waals surface area contributed by atoms with Crippen LogP contribution in [-0.4, -0.2) is 23.7 Å². The number of anilines is 1. The van der Waals surface area contributed by atoms with E-state index in [1.165, 1.54) is 0 Å². The van der Waals surface area contributed by atoms with Crippen LogP contribution in [0.2, 0.25) is 0 Å². The van der Waals surface area contributed by atoms with Crippen LogP contribution < -0.4 is 16.1 Å². The average Bonchev–Trinajstić information content (AvgIpc) is 2.38. The number of carbonyl (C=O) groups is 2. The van der Waals surface area contributed by atoms with Gasteiger partial charge in [-0.05, 0) is 31.0 Å². The van der Waals surface area contributed by atoms with Crippen LogP contribution in [0.3, 0.4) is 0 Å². The van der Waals surface area contributed by atoms with Crippen molar-refractivity contribution >= 4 is 23.3 Å². The molecule has 3 rings (SSSR count). The van der Waals surface area contributed by atoms with E-state index in [0.717, 1.165) is 28.9 Å². The number of fused-ring (bicyclic) bond motifs is 1. The highest BCUT2D eigenvalue weighted by molar-refractivity contribution is 6.08. The summed E-state index contributed by atoms with van der Waals surface area (Å²) < 4.78 is 0. The van der Waals surface area contributed by atoms with Gasteiger partial charge in [0, 0.05) is 17.7 Å². The Morgan fingerprint density at radius 3 is 2.89 bits per heavy atom. The quantitative estimate of drug-likeness (QED) is 0.701. The van der Waals surface area contributed by atoms with Crippen LogP contribution in [0.25, 0.3) is 0 Å². The van der Waals surface area contributed by atoms with Gasteiger partial charge >= 0.3 is 6.03 Å². The summed E-state index contributed by atoms with van der Waals surface area (Å²) in [6.45, 7) is 1.89. The lowest BCUT2D eigenvalue weighted by Gasteiger charge is -2.23. The van der Waals surface area contributed by atoms with E-state index in [1.807, 2.05) is 25.1 Å². The molecule has 0 spiro atoms. The van der Waals surface area contributed by atoms with Crippen LogP contribution in [0.1, 0.15) is 24.5 Å². The molecule has 2 aliphatic heterocycles. The summed E-state index contributed by atoms with van der Waals surface area (Å²) in [5.74, 6) is 0.0533. The second kappa shape index (κ2) is 4.38. The molecule has 0 bridgehead atoms. The van der Waals surface area contributed by atoms with Crippen LogP contribution in [0.4, 0.5) is 10.5 Å². The Kier molecular flexibility index (Phi) is 2.70. The van der Waals surface area contributed by atoms with Gasteiger partial charge in [0.15, 0.2) is 0 Å².